The van der Waals surface area contributed by atoms with Gasteiger partial charge in [0.25, 0.3) is 0 Å². The van der Waals surface area contributed by atoms with E-state index in [2.05, 4.69) is 37.9 Å². The minimum absolute atomic E-state index is 0.460. The zero-order valence-electron chi connectivity index (χ0n) is 12.7. The van der Waals surface area contributed by atoms with E-state index in [0.29, 0.717) is 12.1 Å². The van der Waals surface area contributed by atoms with Gasteiger partial charge in [0, 0.05) is 25.7 Å². The molecule has 0 aromatic carbocycles. The van der Waals surface area contributed by atoms with Gasteiger partial charge in [0.15, 0.2) is 0 Å². The van der Waals surface area contributed by atoms with E-state index < -0.39 is 0 Å². The Morgan fingerprint density at radius 3 is 2.78 bits per heavy atom. The van der Waals surface area contributed by atoms with Crippen LogP contribution in [0.25, 0.3) is 0 Å². The summed E-state index contributed by atoms with van der Waals surface area (Å²) in [5.74, 6) is 0.796. The van der Waals surface area contributed by atoms with Crippen molar-refractivity contribution >= 4 is 0 Å². The van der Waals surface area contributed by atoms with Crippen molar-refractivity contribution in [1.82, 2.24) is 10.2 Å². The molecule has 0 aromatic heterocycles. The summed E-state index contributed by atoms with van der Waals surface area (Å²) >= 11 is 0. The quantitative estimate of drug-likeness (QED) is 0.675. The first-order valence-corrected chi connectivity index (χ1v) is 7.69. The van der Waals surface area contributed by atoms with Gasteiger partial charge in [-0.1, -0.05) is 13.8 Å². The summed E-state index contributed by atoms with van der Waals surface area (Å²) in [6, 6.07) is 0.625. The highest BCUT2D eigenvalue weighted by molar-refractivity contribution is 4.78. The fourth-order valence-electron chi connectivity index (χ4n) is 2.57. The highest BCUT2D eigenvalue weighted by Gasteiger charge is 2.23. The van der Waals surface area contributed by atoms with Gasteiger partial charge in [-0.25, -0.2) is 0 Å². The van der Waals surface area contributed by atoms with E-state index in [0.717, 1.165) is 32.2 Å². The van der Waals surface area contributed by atoms with Crippen LogP contribution in [-0.2, 0) is 4.74 Å². The second-order valence-electron chi connectivity index (χ2n) is 5.95. The molecule has 0 amide bonds. The van der Waals surface area contributed by atoms with Gasteiger partial charge in [-0.3, -0.25) is 4.90 Å². The van der Waals surface area contributed by atoms with Crippen LogP contribution in [-0.4, -0.2) is 49.8 Å². The highest BCUT2D eigenvalue weighted by Crippen LogP contribution is 2.15. The van der Waals surface area contributed by atoms with E-state index >= 15 is 0 Å². The van der Waals surface area contributed by atoms with Crippen molar-refractivity contribution in [2.24, 2.45) is 5.92 Å². The van der Waals surface area contributed by atoms with Crippen molar-refractivity contribution < 1.29 is 4.74 Å². The van der Waals surface area contributed by atoms with Crippen molar-refractivity contribution in [3.63, 3.8) is 0 Å². The lowest BCUT2D eigenvalue weighted by atomic mass is 10.1. The summed E-state index contributed by atoms with van der Waals surface area (Å²) in [4.78, 5) is 2.58. The third-order valence-corrected chi connectivity index (χ3v) is 3.77. The van der Waals surface area contributed by atoms with E-state index in [9.17, 15) is 0 Å². The van der Waals surface area contributed by atoms with Crippen LogP contribution in [0.5, 0.6) is 0 Å². The van der Waals surface area contributed by atoms with Gasteiger partial charge in [0.1, 0.15) is 0 Å². The predicted molar refractivity (Wildman–Crippen MR) is 78.0 cm³/mol. The molecule has 1 rings (SSSR count). The molecule has 0 bridgehead atoms. The van der Waals surface area contributed by atoms with Crippen LogP contribution in [0.4, 0.5) is 0 Å². The summed E-state index contributed by atoms with van der Waals surface area (Å²) < 4.78 is 5.76. The van der Waals surface area contributed by atoms with E-state index in [1.165, 1.54) is 25.8 Å². The topological polar surface area (TPSA) is 24.5 Å². The minimum Gasteiger partial charge on any atom is -0.377 e. The van der Waals surface area contributed by atoms with Crippen LogP contribution in [0.1, 0.15) is 47.0 Å². The molecule has 1 fully saturated rings. The van der Waals surface area contributed by atoms with Crippen LogP contribution in [0.3, 0.4) is 0 Å². The Bertz CT molecular complexity index is 207. The van der Waals surface area contributed by atoms with Gasteiger partial charge >= 0.3 is 0 Å². The maximum atomic E-state index is 5.76. The number of piperidine rings is 1. The Morgan fingerprint density at radius 1 is 1.33 bits per heavy atom. The summed E-state index contributed by atoms with van der Waals surface area (Å²) in [6.45, 7) is 14.4. The number of hydrogen-bond donors (Lipinski definition) is 1. The zero-order chi connectivity index (χ0) is 13.4. The summed E-state index contributed by atoms with van der Waals surface area (Å²) in [6.07, 6.45) is 4.24. The van der Waals surface area contributed by atoms with Gasteiger partial charge < -0.3 is 10.1 Å². The molecule has 1 N–H and O–H groups in total. The van der Waals surface area contributed by atoms with Gasteiger partial charge in [-0.2, -0.15) is 0 Å². The highest BCUT2D eigenvalue weighted by atomic mass is 16.5. The lowest BCUT2D eigenvalue weighted by Crippen LogP contribution is -2.48. The third kappa shape index (κ3) is 6.17. The van der Waals surface area contributed by atoms with Crippen molar-refractivity contribution in [3.8, 4) is 0 Å². The first kappa shape index (κ1) is 15.9. The fraction of sp³-hybridized carbons (Fsp3) is 1.00. The first-order chi connectivity index (χ1) is 8.63. The maximum absolute atomic E-state index is 5.76. The molecule has 3 heteroatoms. The standard InChI is InChI=1S/C15H32N2O/c1-5-18-15-7-6-10-17(12-15)14(4)11-16-9-8-13(2)3/h13-16H,5-12H2,1-4H3. The molecular formula is C15H32N2O. The Labute approximate surface area is 113 Å². The Balaban J connectivity index is 2.17. The van der Waals surface area contributed by atoms with Gasteiger partial charge in [0.05, 0.1) is 6.10 Å². The molecule has 0 radical (unpaired) electrons. The van der Waals surface area contributed by atoms with E-state index in [-0.39, 0.29) is 0 Å². The molecule has 1 heterocycles. The molecule has 108 valence electrons. The zero-order valence-corrected chi connectivity index (χ0v) is 12.7. The van der Waals surface area contributed by atoms with E-state index in [1.54, 1.807) is 0 Å². The van der Waals surface area contributed by atoms with E-state index in [4.69, 9.17) is 4.74 Å². The predicted octanol–water partition coefficient (Wildman–Crippen LogP) is 2.51. The molecule has 0 aliphatic carbocycles. The van der Waals surface area contributed by atoms with Crippen molar-refractivity contribution in [1.29, 1.82) is 0 Å². The van der Waals surface area contributed by atoms with Gasteiger partial charge in [-0.05, 0) is 52.1 Å². The number of likely N-dealkylation sites (tertiary alicyclic amines) is 1. The average Bonchev–Trinajstić information content (AvgIpc) is 2.35. The molecule has 0 aromatic rings. The Morgan fingerprint density at radius 2 is 2.11 bits per heavy atom. The van der Waals surface area contributed by atoms with Gasteiger partial charge in [0.2, 0.25) is 0 Å². The summed E-state index contributed by atoms with van der Waals surface area (Å²) in [7, 11) is 0. The van der Waals surface area contributed by atoms with Crippen LogP contribution < -0.4 is 5.32 Å². The second-order valence-corrected chi connectivity index (χ2v) is 5.95. The van der Waals surface area contributed by atoms with Crippen LogP contribution >= 0.6 is 0 Å². The molecule has 3 nitrogen and oxygen atoms in total. The molecular weight excluding hydrogens is 224 g/mol. The van der Waals surface area contributed by atoms with Crippen molar-refractivity contribution in [2.45, 2.75) is 59.1 Å². The number of ether oxygens (including phenoxy) is 1. The average molecular weight is 256 g/mol. The molecule has 0 spiro atoms. The van der Waals surface area contributed by atoms with Crippen LogP contribution in [0.15, 0.2) is 0 Å². The van der Waals surface area contributed by atoms with Gasteiger partial charge in [-0.15, -0.1) is 0 Å². The van der Waals surface area contributed by atoms with Crippen molar-refractivity contribution in [3.05, 3.63) is 0 Å². The molecule has 18 heavy (non-hydrogen) atoms. The molecule has 1 saturated heterocycles. The monoisotopic (exact) mass is 256 g/mol. The number of hydrogen-bond acceptors (Lipinski definition) is 3. The maximum Gasteiger partial charge on any atom is 0.0702 e. The van der Waals surface area contributed by atoms with E-state index in [1.807, 2.05) is 0 Å². The Kier molecular flexibility index (Phi) is 7.87. The molecule has 1 aliphatic heterocycles. The smallest absolute Gasteiger partial charge is 0.0702 e. The second kappa shape index (κ2) is 8.89. The summed E-state index contributed by atoms with van der Waals surface area (Å²) in [5.41, 5.74) is 0. The number of rotatable bonds is 8. The fourth-order valence-corrected chi connectivity index (χ4v) is 2.57. The SMILES string of the molecule is CCOC1CCCN(C(C)CNCCC(C)C)C1. The normalized spacial score (nSPS) is 23.5. The Hall–Kier alpha value is -0.120. The number of nitrogens with zero attached hydrogens (tertiary/aromatic N) is 1. The largest absolute Gasteiger partial charge is 0.377 e. The molecule has 2 atom stereocenters. The van der Waals surface area contributed by atoms with Crippen molar-refractivity contribution in [2.75, 3.05) is 32.8 Å². The minimum atomic E-state index is 0.460. The first-order valence-electron chi connectivity index (χ1n) is 7.69. The molecule has 1 aliphatic rings. The van der Waals surface area contributed by atoms with Crippen LogP contribution in [0, 0.1) is 5.92 Å². The molecule has 2 unspecified atom stereocenters. The number of nitrogens with one attached hydrogen (secondary N) is 1. The lowest BCUT2D eigenvalue weighted by molar-refractivity contribution is -0.00486. The van der Waals surface area contributed by atoms with Crippen LogP contribution in [0.2, 0.25) is 0 Å². The molecule has 0 saturated carbocycles. The third-order valence-electron chi connectivity index (χ3n) is 3.77. The summed E-state index contributed by atoms with van der Waals surface area (Å²) in [5, 5.41) is 3.58. The lowest BCUT2D eigenvalue weighted by Gasteiger charge is -2.36.